The lowest BCUT2D eigenvalue weighted by Gasteiger charge is -2.38. The van der Waals surface area contributed by atoms with E-state index in [1.165, 1.54) is 0 Å². The second-order valence-corrected chi connectivity index (χ2v) is 8.20. The van der Waals surface area contributed by atoms with E-state index < -0.39 is 0 Å². The zero-order chi connectivity index (χ0) is 17.2. The summed E-state index contributed by atoms with van der Waals surface area (Å²) in [5.41, 5.74) is -0.974. The van der Waals surface area contributed by atoms with Gasteiger partial charge in [-0.15, -0.1) is 0 Å². The Balaban J connectivity index is 1.43. The first kappa shape index (κ1) is 16.6. The molecule has 4 heterocycles. The molecule has 4 saturated heterocycles. The van der Waals surface area contributed by atoms with Crippen LogP contribution in [0.1, 0.15) is 40.5 Å². The van der Waals surface area contributed by atoms with E-state index in [0.29, 0.717) is 32.9 Å². The van der Waals surface area contributed by atoms with E-state index in [1.54, 1.807) is 4.90 Å². The summed E-state index contributed by atoms with van der Waals surface area (Å²) >= 11 is 0. The Bertz CT molecular complexity index is 511. The lowest BCUT2D eigenvalue weighted by atomic mass is 10.0. The van der Waals surface area contributed by atoms with Crippen LogP contribution in [0.4, 0.5) is 4.79 Å². The fraction of sp³-hybridized carbons (Fsp3) is 0.941. The predicted molar refractivity (Wildman–Crippen MR) is 85.4 cm³/mol. The van der Waals surface area contributed by atoms with Gasteiger partial charge in [-0.1, -0.05) is 0 Å². The van der Waals surface area contributed by atoms with Crippen LogP contribution < -0.4 is 0 Å². The number of hydrogen-bond acceptors (Lipinski definition) is 6. The van der Waals surface area contributed by atoms with Gasteiger partial charge in [0.15, 0.2) is 0 Å². The predicted octanol–water partition coefficient (Wildman–Crippen LogP) is 1.56. The van der Waals surface area contributed by atoms with E-state index in [9.17, 15) is 4.79 Å². The SMILES string of the molecule is C[C@H]1CN(C(=O)OCC23CO[C@]4(C)CC[C@](C)(OC2)N34)C[C@H](C)O1. The van der Waals surface area contributed by atoms with Gasteiger partial charge in [0.05, 0.1) is 38.5 Å². The molecule has 4 rings (SSSR count). The van der Waals surface area contributed by atoms with Gasteiger partial charge >= 0.3 is 6.09 Å². The van der Waals surface area contributed by atoms with E-state index in [2.05, 4.69) is 18.7 Å². The smallest absolute Gasteiger partial charge is 0.410 e. The molecule has 0 radical (unpaired) electrons. The minimum atomic E-state index is -0.362. The highest BCUT2D eigenvalue weighted by Crippen LogP contribution is 2.55. The molecule has 5 atom stereocenters. The van der Waals surface area contributed by atoms with Crippen molar-refractivity contribution in [3.63, 3.8) is 0 Å². The molecule has 0 aliphatic carbocycles. The van der Waals surface area contributed by atoms with Crippen molar-refractivity contribution in [1.82, 2.24) is 9.80 Å². The monoisotopic (exact) mass is 340 g/mol. The molecule has 4 fully saturated rings. The van der Waals surface area contributed by atoms with Gasteiger partial charge in [0.25, 0.3) is 0 Å². The first-order chi connectivity index (χ1) is 11.3. The summed E-state index contributed by atoms with van der Waals surface area (Å²) in [5, 5.41) is 0. The second-order valence-electron chi connectivity index (χ2n) is 8.20. The molecule has 4 aliphatic heterocycles. The molecule has 24 heavy (non-hydrogen) atoms. The average molecular weight is 340 g/mol. The van der Waals surface area contributed by atoms with Crippen LogP contribution >= 0.6 is 0 Å². The Hall–Kier alpha value is -0.890. The number of hydrogen-bond donors (Lipinski definition) is 0. The summed E-state index contributed by atoms with van der Waals surface area (Å²) in [7, 11) is 0. The van der Waals surface area contributed by atoms with Crippen LogP contribution in [0.5, 0.6) is 0 Å². The van der Waals surface area contributed by atoms with E-state index in [1.807, 2.05) is 13.8 Å². The van der Waals surface area contributed by atoms with Gasteiger partial charge in [-0.05, 0) is 40.5 Å². The summed E-state index contributed by atoms with van der Waals surface area (Å²) in [5.74, 6) is 0. The minimum absolute atomic E-state index is 0.0363. The highest BCUT2D eigenvalue weighted by atomic mass is 16.6. The van der Waals surface area contributed by atoms with Crippen molar-refractivity contribution in [2.45, 2.75) is 69.7 Å². The second kappa shape index (κ2) is 5.30. The van der Waals surface area contributed by atoms with E-state index in [0.717, 1.165) is 12.8 Å². The Kier molecular flexibility index (Phi) is 3.66. The van der Waals surface area contributed by atoms with Crippen molar-refractivity contribution in [2.24, 2.45) is 0 Å². The zero-order valence-electron chi connectivity index (χ0n) is 15.0. The van der Waals surface area contributed by atoms with Crippen LogP contribution in [0.3, 0.4) is 0 Å². The van der Waals surface area contributed by atoms with Gasteiger partial charge < -0.3 is 23.8 Å². The normalized spacial score (nSPS) is 47.9. The largest absolute Gasteiger partial charge is 0.447 e. The average Bonchev–Trinajstić information content (AvgIpc) is 3.09. The van der Waals surface area contributed by atoms with Gasteiger partial charge in [-0.25, -0.2) is 9.69 Å². The van der Waals surface area contributed by atoms with E-state index in [-0.39, 0.29) is 35.3 Å². The van der Waals surface area contributed by atoms with Crippen LogP contribution in [-0.2, 0) is 18.9 Å². The molecule has 0 aromatic carbocycles. The fourth-order valence-corrected chi connectivity index (χ4v) is 4.98. The van der Waals surface area contributed by atoms with Gasteiger partial charge in [-0.2, -0.15) is 0 Å². The molecule has 7 nitrogen and oxygen atoms in total. The van der Waals surface area contributed by atoms with Crippen molar-refractivity contribution >= 4 is 6.09 Å². The fourth-order valence-electron chi connectivity index (χ4n) is 4.98. The summed E-state index contributed by atoms with van der Waals surface area (Å²) in [4.78, 5) is 16.6. The molecule has 0 spiro atoms. The van der Waals surface area contributed by atoms with E-state index in [4.69, 9.17) is 18.9 Å². The van der Waals surface area contributed by atoms with Crippen LogP contribution in [-0.4, -0.2) is 78.0 Å². The van der Waals surface area contributed by atoms with Crippen LogP contribution in [0.2, 0.25) is 0 Å². The number of nitrogens with zero attached hydrogens (tertiary/aromatic N) is 2. The zero-order valence-corrected chi connectivity index (χ0v) is 15.0. The van der Waals surface area contributed by atoms with Crippen molar-refractivity contribution in [3.8, 4) is 0 Å². The van der Waals surface area contributed by atoms with Crippen molar-refractivity contribution < 1.29 is 23.7 Å². The standard InChI is InChI=1S/C17H28N2O5/c1-12-7-18(8-13(2)24-12)14(20)21-9-17-10-22-15(3)5-6-16(4,19(15)17)23-11-17/h12-13H,5-11H2,1-4H3/t12-,13-,15-,16+,17?/m0/s1. The maximum Gasteiger partial charge on any atom is 0.410 e. The molecule has 1 amide bonds. The quantitative estimate of drug-likeness (QED) is 0.760. The van der Waals surface area contributed by atoms with Gasteiger partial charge in [-0.3, -0.25) is 0 Å². The molecule has 0 saturated carbocycles. The summed E-state index contributed by atoms with van der Waals surface area (Å²) in [6.45, 7) is 10.7. The third-order valence-corrected chi connectivity index (χ3v) is 5.92. The molecule has 136 valence electrons. The third kappa shape index (κ3) is 2.36. The molecule has 0 aromatic heterocycles. The molecular formula is C17H28N2O5. The number of ether oxygens (including phenoxy) is 4. The van der Waals surface area contributed by atoms with Crippen molar-refractivity contribution in [3.05, 3.63) is 0 Å². The first-order valence-electron chi connectivity index (χ1n) is 8.92. The first-order valence-corrected chi connectivity index (χ1v) is 8.92. The Labute approximate surface area is 143 Å². The summed E-state index contributed by atoms with van der Waals surface area (Å²) in [6.07, 6.45) is 1.69. The number of rotatable bonds is 2. The van der Waals surface area contributed by atoms with Crippen molar-refractivity contribution in [1.29, 1.82) is 0 Å². The summed E-state index contributed by atoms with van der Waals surface area (Å²) in [6, 6.07) is 0. The van der Waals surface area contributed by atoms with Gasteiger partial charge in [0.1, 0.15) is 23.6 Å². The third-order valence-electron chi connectivity index (χ3n) is 5.92. The Morgan fingerprint density at radius 2 is 1.62 bits per heavy atom. The maximum absolute atomic E-state index is 12.5. The van der Waals surface area contributed by atoms with Gasteiger partial charge in [0, 0.05) is 0 Å². The number of amides is 1. The van der Waals surface area contributed by atoms with E-state index >= 15 is 0 Å². The number of morpholine rings is 1. The van der Waals surface area contributed by atoms with Crippen LogP contribution in [0, 0.1) is 0 Å². The van der Waals surface area contributed by atoms with Gasteiger partial charge in [0.2, 0.25) is 0 Å². The number of carbonyl (C=O) groups is 1. The molecule has 0 N–H and O–H groups in total. The lowest BCUT2D eigenvalue weighted by molar-refractivity contribution is -0.126. The number of carbonyl (C=O) groups excluding carboxylic acids is 1. The molecule has 0 bridgehead atoms. The topological polar surface area (TPSA) is 60.5 Å². The highest BCUT2D eigenvalue weighted by molar-refractivity contribution is 5.68. The molecule has 7 heteroatoms. The van der Waals surface area contributed by atoms with Crippen LogP contribution in [0.15, 0.2) is 0 Å². The lowest BCUT2D eigenvalue weighted by Crippen LogP contribution is -2.57. The molecule has 1 unspecified atom stereocenters. The van der Waals surface area contributed by atoms with Crippen molar-refractivity contribution in [2.75, 3.05) is 32.9 Å². The molecule has 0 aromatic rings. The Morgan fingerprint density at radius 1 is 1.08 bits per heavy atom. The molecular weight excluding hydrogens is 312 g/mol. The molecule has 4 aliphatic rings. The Morgan fingerprint density at radius 3 is 2.17 bits per heavy atom. The summed E-state index contributed by atoms with van der Waals surface area (Å²) < 4.78 is 23.6. The maximum atomic E-state index is 12.5. The van der Waals surface area contributed by atoms with Crippen LogP contribution in [0.25, 0.3) is 0 Å². The highest BCUT2D eigenvalue weighted by Gasteiger charge is 2.69. The minimum Gasteiger partial charge on any atom is -0.447 e.